The van der Waals surface area contributed by atoms with Crippen LogP contribution in [0.4, 0.5) is 13.2 Å². The summed E-state index contributed by atoms with van der Waals surface area (Å²) in [5.41, 5.74) is 2.46. The van der Waals surface area contributed by atoms with Crippen LogP contribution in [-0.2, 0) is 11.3 Å². The number of hydrogen-bond donors (Lipinski definition) is 1. The number of alkyl halides is 3. The highest BCUT2D eigenvalue weighted by Gasteiger charge is 2.31. The first-order valence-corrected chi connectivity index (χ1v) is 5.75. The van der Waals surface area contributed by atoms with Crippen molar-refractivity contribution in [3.05, 3.63) is 34.9 Å². The predicted octanol–water partition coefficient (Wildman–Crippen LogP) is 2.75. The van der Waals surface area contributed by atoms with Crippen molar-refractivity contribution in [2.75, 3.05) is 13.1 Å². The van der Waals surface area contributed by atoms with Crippen LogP contribution in [0, 0.1) is 13.8 Å². The van der Waals surface area contributed by atoms with Crippen molar-refractivity contribution in [2.24, 2.45) is 0 Å². The van der Waals surface area contributed by atoms with Crippen LogP contribution < -0.4 is 0 Å². The number of aliphatic carboxylic acids is 1. The third-order valence-electron chi connectivity index (χ3n) is 2.79. The molecule has 0 bridgehead atoms. The monoisotopic (exact) mass is 275 g/mol. The van der Waals surface area contributed by atoms with Gasteiger partial charge < -0.3 is 5.11 Å². The number of benzene rings is 1. The predicted molar refractivity (Wildman–Crippen MR) is 64.9 cm³/mol. The number of carbonyl (C=O) groups is 1. The van der Waals surface area contributed by atoms with Gasteiger partial charge in [0.2, 0.25) is 0 Å². The Morgan fingerprint density at radius 1 is 1.26 bits per heavy atom. The van der Waals surface area contributed by atoms with Crippen molar-refractivity contribution < 1.29 is 23.1 Å². The molecule has 0 spiro atoms. The van der Waals surface area contributed by atoms with E-state index in [1.54, 1.807) is 26.0 Å². The first kappa shape index (κ1) is 15.5. The average Bonchev–Trinajstić information content (AvgIpc) is 2.20. The summed E-state index contributed by atoms with van der Waals surface area (Å²) in [6.07, 6.45) is -4.41. The Kier molecular flexibility index (Phi) is 4.94. The van der Waals surface area contributed by atoms with E-state index in [9.17, 15) is 18.0 Å². The lowest BCUT2D eigenvalue weighted by molar-refractivity contribution is -0.154. The minimum Gasteiger partial charge on any atom is -0.480 e. The number of carboxylic acid groups (broad SMARTS) is 1. The van der Waals surface area contributed by atoms with Crippen LogP contribution in [-0.4, -0.2) is 35.2 Å². The third kappa shape index (κ3) is 5.30. The molecule has 0 aliphatic carbocycles. The molecule has 0 heterocycles. The molecule has 1 aromatic rings. The summed E-state index contributed by atoms with van der Waals surface area (Å²) in [6, 6.07) is 5.42. The number of rotatable bonds is 5. The molecule has 0 amide bonds. The smallest absolute Gasteiger partial charge is 0.401 e. The van der Waals surface area contributed by atoms with Gasteiger partial charge in [-0.25, -0.2) is 0 Å². The largest absolute Gasteiger partial charge is 0.480 e. The van der Waals surface area contributed by atoms with Crippen LogP contribution in [0.1, 0.15) is 16.7 Å². The zero-order valence-corrected chi connectivity index (χ0v) is 10.8. The number of carboxylic acids is 1. The Balaban J connectivity index is 2.90. The van der Waals surface area contributed by atoms with E-state index in [-0.39, 0.29) is 6.54 Å². The second-order valence-corrected chi connectivity index (χ2v) is 4.52. The van der Waals surface area contributed by atoms with Gasteiger partial charge in [0.1, 0.15) is 0 Å². The van der Waals surface area contributed by atoms with Crippen molar-refractivity contribution in [3.8, 4) is 0 Å². The summed E-state index contributed by atoms with van der Waals surface area (Å²) in [5, 5.41) is 8.69. The van der Waals surface area contributed by atoms with Crippen LogP contribution >= 0.6 is 0 Å². The van der Waals surface area contributed by atoms with Gasteiger partial charge in [-0.2, -0.15) is 13.2 Å². The van der Waals surface area contributed by atoms with Gasteiger partial charge in [0, 0.05) is 6.54 Å². The topological polar surface area (TPSA) is 40.5 Å². The average molecular weight is 275 g/mol. The van der Waals surface area contributed by atoms with Gasteiger partial charge in [0.25, 0.3) is 0 Å². The molecule has 0 saturated heterocycles. The molecule has 0 aliphatic heterocycles. The highest BCUT2D eigenvalue weighted by Crippen LogP contribution is 2.20. The fraction of sp³-hybridized carbons (Fsp3) is 0.462. The van der Waals surface area contributed by atoms with Crippen LogP contribution in [0.15, 0.2) is 18.2 Å². The number of halogens is 3. The van der Waals surface area contributed by atoms with Crippen molar-refractivity contribution in [1.29, 1.82) is 0 Å². The summed E-state index contributed by atoms with van der Waals surface area (Å²) >= 11 is 0. The molecule has 0 saturated carbocycles. The van der Waals surface area contributed by atoms with E-state index in [4.69, 9.17) is 5.11 Å². The summed E-state index contributed by atoms with van der Waals surface area (Å²) in [4.78, 5) is 11.5. The minimum atomic E-state index is -4.41. The van der Waals surface area contributed by atoms with E-state index in [0.717, 1.165) is 21.6 Å². The maximum atomic E-state index is 12.4. The molecule has 19 heavy (non-hydrogen) atoms. The normalized spacial score (nSPS) is 11.9. The first-order valence-electron chi connectivity index (χ1n) is 5.75. The molecule has 0 fully saturated rings. The van der Waals surface area contributed by atoms with E-state index in [1.807, 2.05) is 6.07 Å². The van der Waals surface area contributed by atoms with E-state index >= 15 is 0 Å². The molecular weight excluding hydrogens is 259 g/mol. The number of aryl methyl sites for hydroxylation is 2. The molecule has 1 aromatic carbocycles. The Labute approximate surface area is 109 Å². The van der Waals surface area contributed by atoms with Crippen LogP contribution in [0.2, 0.25) is 0 Å². The van der Waals surface area contributed by atoms with E-state index in [0.29, 0.717) is 0 Å². The Bertz CT molecular complexity index is 437. The SMILES string of the molecule is Cc1cccc(C)c1CN(CC(=O)O)CC(F)(F)F. The molecule has 1 N–H and O–H groups in total. The molecule has 0 radical (unpaired) electrons. The van der Waals surface area contributed by atoms with E-state index in [2.05, 4.69) is 0 Å². The lowest BCUT2D eigenvalue weighted by atomic mass is 10.0. The first-order chi connectivity index (χ1) is 8.69. The van der Waals surface area contributed by atoms with Crippen LogP contribution in [0.3, 0.4) is 0 Å². The standard InChI is InChI=1S/C13H16F3NO2/c1-9-4-3-5-10(2)11(9)6-17(7-12(18)19)8-13(14,15)16/h3-5H,6-8H2,1-2H3,(H,18,19). The number of nitrogens with zero attached hydrogens (tertiary/aromatic N) is 1. The van der Waals surface area contributed by atoms with Crippen LogP contribution in [0.25, 0.3) is 0 Å². The lowest BCUT2D eigenvalue weighted by Crippen LogP contribution is -2.37. The van der Waals surface area contributed by atoms with Crippen molar-refractivity contribution >= 4 is 5.97 Å². The second kappa shape index (κ2) is 6.06. The summed E-state index contributed by atoms with van der Waals surface area (Å²) in [5.74, 6) is -1.27. The Morgan fingerprint density at radius 2 is 1.79 bits per heavy atom. The maximum absolute atomic E-state index is 12.4. The molecular formula is C13H16F3NO2. The van der Waals surface area contributed by atoms with Gasteiger partial charge in [0.05, 0.1) is 13.1 Å². The van der Waals surface area contributed by atoms with Gasteiger partial charge in [-0.15, -0.1) is 0 Å². The zero-order valence-electron chi connectivity index (χ0n) is 10.8. The fourth-order valence-corrected chi connectivity index (χ4v) is 1.93. The molecule has 3 nitrogen and oxygen atoms in total. The molecule has 0 aromatic heterocycles. The Morgan fingerprint density at radius 3 is 2.21 bits per heavy atom. The highest BCUT2D eigenvalue weighted by atomic mass is 19.4. The van der Waals surface area contributed by atoms with E-state index in [1.165, 1.54) is 0 Å². The third-order valence-corrected chi connectivity index (χ3v) is 2.79. The second-order valence-electron chi connectivity index (χ2n) is 4.52. The van der Waals surface area contributed by atoms with Crippen molar-refractivity contribution in [1.82, 2.24) is 4.90 Å². The van der Waals surface area contributed by atoms with Crippen LogP contribution in [0.5, 0.6) is 0 Å². The van der Waals surface area contributed by atoms with Gasteiger partial charge >= 0.3 is 12.1 Å². The highest BCUT2D eigenvalue weighted by molar-refractivity contribution is 5.69. The summed E-state index contributed by atoms with van der Waals surface area (Å²) in [7, 11) is 0. The number of hydrogen-bond acceptors (Lipinski definition) is 2. The molecule has 1 rings (SSSR count). The van der Waals surface area contributed by atoms with Gasteiger partial charge in [0.15, 0.2) is 0 Å². The lowest BCUT2D eigenvalue weighted by Gasteiger charge is -2.23. The summed E-state index contributed by atoms with van der Waals surface area (Å²) < 4.78 is 37.3. The maximum Gasteiger partial charge on any atom is 0.401 e. The minimum absolute atomic E-state index is 0.0235. The molecule has 0 atom stereocenters. The van der Waals surface area contributed by atoms with E-state index < -0.39 is 25.2 Å². The quantitative estimate of drug-likeness (QED) is 0.898. The fourth-order valence-electron chi connectivity index (χ4n) is 1.93. The molecule has 0 aliphatic rings. The Hall–Kier alpha value is -1.56. The van der Waals surface area contributed by atoms with Gasteiger partial charge in [-0.05, 0) is 30.5 Å². The molecule has 106 valence electrons. The zero-order chi connectivity index (χ0) is 14.6. The summed E-state index contributed by atoms with van der Waals surface area (Å²) in [6.45, 7) is 1.72. The molecule has 6 heteroatoms. The molecule has 0 unspecified atom stereocenters. The van der Waals surface area contributed by atoms with Gasteiger partial charge in [-0.1, -0.05) is 18.2 Å². The van der Waals surface area contributed by atoms with Gasteiger partial charge in [-0.3, -0.25) is 9.69 Å². The van der Waals surface area contributed by atoms with Crippen molar-refractivity contribution in [3.63, 3.8) is 0 Å². The van der Waals surface area contributed by atoms with Crippen molar-refractivity contribution in [2.45, 2.75) is 26.6 Å².